The molecule has 90 valence electrons. The largest absolute Gasteiger partial charge is 0.207 e. The minimum atomic E-state index is -0.494. The summed E-state index contributed by atoms with van der Waals surface area (Å²) in [6.07, 6.45) is 5.21. The molecule has 1 atom stereocenters. The maximum atomic E-state index is 13.6. The Balaban J connectivity index is 2.82. The lowest BCUT2D eigenvalue weighted by molar-refractivity contribution is 0.500. The molecular weight excluding hydrogens is 206 g/mol. The van der Waals surface area contributed by atoms with Gasteiger partial charge in [0.15, 0.2) is 0 Å². The Hall–Kier alpha value is -0.920. The van der Waals surface area contributed by atoms with Gasteiger partial charge in [0.2, 0.25) is 0 Å². The molecule has 0 radical (unpaired) electrons. The maximum Gasteiger partial charge on any atom is 0.129 e. The second-order valence-corrected chi connectivity index (χ2v) is 4.29. The van der Waals surface area contributed by atoms with Crippen LogP contribution in [0.3, 0.4) is 0 Å². The van der Waals surface area contributed by atoms with E-state index < -0.39 is 11.6 Å². The summed E-state index contributed by atoms with van der Waals surface area (Å²) in [5.74, 6) is -0.646. The third-order valence-electron chi connectivity index (χ3n) is 2.95. The van der Waals surface area contributed by atoms with Gasteiger partial charge in [0.1, 0.15) is 11.6 Å². The fraction of sp³-hybridized carbons (Fsp3) is 0.571. The van der Waals surface area contributed by atoms with Crippen molar-refractivity contribution in [2.45, 2.75) is 51.9 Å². The van der Waals surface area contributed by atoms with Crippen molar-refractivity contribution < 1.29 is 8.78 Å². The molecule has 16 heavy (non-hydrogen) atoms. The van der Waals surface area contributed by atoms with Gasteiger partial charge in [-0.15, -0.1) is 0 Å². The van der Waals surface area contributed by atoms with Gasteiger partial charge in [0.05, 0.1) is 0 Å². The second kappa shape index (κ2) is 6.62. The highest BCUT2D eigenvalue weighted by molar-refractivity contribution is 5.22. The highest BCUT2D eigenvalue weighted by Gasteiger charge is 2.14. The van der Waals surface area contributed by atoms with E-state index in [1.807, 2.05) is 0 Å². The molecule has 0 amide bonds. The summed E-state index contributed by atoms with van der Waals surface area (Å²) in [5.41, 5.74) is 0.678. The Bertz CT molecular complexity index is 321. The van der Waals surface area contributed by atoms with Crippen LogP contribution in [0.2, 0.25) is 0 Å². The molecule has 0 aliphatic heterocycles. The summed E-state index contributed by atoms with van der Waals surface area (Å²) >= 11 is 0. The molecule has 0 aliphatic carbocycles. The van der Waals surface area contributed by atoms with Gasteiger partial charge in [-0.25, -0.2) is 8.78 Å². The van der Waals surface area contributed by atoms with E-state index in [-0.39, 0.29) is 5.92 Å². The molecule has 0 heterocycles. The van der Waals surface area contributed by atoms with Crippen LogP contribution in [0.1, 0.15) is 57.4 Å². The third-order valence-corrected chi connectivity index (χ3v) is 2.95. The first-order valence-electron chi connectivity index (χ1n) is 6.14. The zero-order valence-corrected chi connectivity index (χ0v) is 10.1. The van der Waals surface area contributed by atoms with Crippen LogP contribution in [0.15, 0.2) is 18.2 Å². The molecule has 0 N–H and O–H groups in total. The molecule has 2 heteroatoms. The zero-order valence-electron chi connectivity index (χ0n) is 10.1. The topological polar surface area (TPSA) is 0 Å². The molecule has 0 saturated heterocycles. The lowest BCUT2D eigenvalue weighted by Gasteiger charge is -2.17. The Labute approximate surface area is 96.7 Å². The van der Waals surface area contributed by atoms with Crippen molar-refractivity contribution in [3.63, 3.8) is 0 Å². The number of hydrogen-bond donors (Lipinski definition) is 0. The van der Waals surface area contributed by atoms with Crippen LogP contribution in [0.25, 0.3) is 0 Å². The van der Waals surface area contributed by atoms with Crippen molar-refractivity contribution in [3.05, 3.63) is 35.4 Å². The molecule has 0 aliphatic rings. The maximum absolute atomic E-state index is 13.6. The quantitative estimate of drug-likeness (QED) is 0.637. The average molecular weight is 226 g/mol. The summed E-state index contributed by atoms with van der Waals surface area (Å²) in [7, 11) is 0. The number of benzene rings is 1. The van der Waals surface area contributed by atoms with Crippen LogP contribution in [-0.2, 0) is 0 Å². The van der Waals surface area contributed by atoms with Gasteiger partial charge >= 0.3 is 0 Å². The van der Waals surface area contributed by atoms with E-state index in [1.165, 1.54) is 6.07 Å². The van der Waals surface area contributed by atoms with E-state index in [0.717, 1.165) is 38.2 Å². The monoisotopic (exact) mass is 226 g/mol. The van der Waals surface area contributed by atoms with E-state index in [2.05, 4.69) is 13.8 Å². The fourth-order valence-electron chi connectivity index (χ4n) is 2.09. The van der Waals surface area contributed by atoms with Crippen molar-refractivity contribution in [3.8, 4) is 0 Å². The molecule has 0 bridgehead atoms. The first-order valence-corrected chi connectivity index (χ1v) is 6.14. The van der Waals surface area contributed by atoms with Crippen LogP contribution < -0.4 is 0 Å². The van der Waals surface area contributed by atoms with Gasteiger partial charge in [0, 0.05) is 6.07 Å². The van der Waals surface area contributed by atoms with Gasteiger partial charge in [-0.2, -0.15) is 0 Å². The minimum Gasteiger partial charge on any atom is -0.207 e. The van der Waals surface area contributed by atoms with E-state index in [1.54, 1.807) is 6.07 Å². The number of rotatable bonds is 6. The summed E-state index contributed by atoms with van der Waals surface area (Å²) in [6.45, 7) is 4.23. The van der Waals surface area contributed by atoms with E-state index in [9.17, 15) is 8.78 Å². The summed E-state index contributed by atoms with van der Waals surface area (Å²) in [6, 6.07) is 3.94. The molecule has 0 fully saturated rings. The van der Waals surface area contributed by atoms with Crippen LogP contribution >= 0.6 is 0 Å². The standard InChI is InChI=1S/C14H20F2/c1-3-5-7-11(6-4-2)13-9-8-12(15)10-14(13)16/h8-11H,3-7H2,1-2H3. The van der Waals surface area contributed by atoms with Gasteiger partial charge < -0.3 is 0 Å². The van der Waals surface area contributed by atoms with Crippen molar-refractivity contribution in [2.24, 2.45) is 0 Å². The summed E-state index contributed by atoms with van der Waals surface area (Å²) in [5, 5.41) is 0. The van der Waals surface area contributed by atoms with Gasteiger partial charge in [0.25, 0.3) is 0 Å². The predicted molar refractivity (Wildman–Crippen MR) is 63.5 cm³/mol. The molecule has 1 unspecified atom stereocenters. The van der Waals surface area contributed by atoms with Crippen molar-refractivity contribution >= 4 is 0 Å². The molecule has 0 spiro atoms. The van der Waals surface area contributed by atoms with E-state index in [4.69, 9.17) is 0 Å². The zero-order chi connectivity index (χ0) is 12.0. The third kappa shape index (κ3) is 3.58. The summed E-state index contributed by atoms with van der Waals surface area (Å²) < 4.78 is 26.4. The van der Waals surface area contributed by atoms with Gasteiger partial charge in [-0.1, -0.05) is 39.2 Å². The second-order valence-electron chi connectivity index (χ2n) is 4.29. The highest BCUT2D eigenvalue weighted by atomic mass is 19.1. The van der Waals surface area contributed by atoms with Crippen LogP contribution in [0, 0.1) is 11.6 Å². The van der Waals surface area contributed by atoms with E-state index in [0.29, 0.717) is 5.56 Å². The number of halogens is 2. The molecule has 1 aromatic carbocycles. The first kappa shape index (κ1) is 13.1. The fourth-order valence-corrected chi connectivity index (χ4v) is 2.09. The lowest BCUT2D eigenvalue weighted by Crippen LogP contribution is -2.02. The molecule has 1 rings (SSSR count). The normalized spacial score (nSPS) is 12.8. The Morgan fingerprint density at radius 1 is 1.06 bits per heavy atom. The molecule has 0 nitrogen and oxygen atoms in total. The molecular formula is C14H20F2. The highest BCUT2D eigenvalue weighted by Crippen LogP contribution is 2.29. The van der Waals surface area contributed by atoms with Gasteiger partial charge in [-0.3, -0.25) is 0 Å². The van der Waals surface area contributed by atoms with Crippen molar-refractivity contribution in [1.29, 1.82) is 0 Å². The Morgan fingerprint density at radius 2 is 1.81 bits per heavy atom. The smallest absolute Gasteiger partial charge is 0.129 e. The summed E-state index contributed by atoms with van der Waals surface area (Å²) in [4.78, 5) is 0. The molecule has 0 saturated carbocycles. The first-order chi connectivity index (χ1) is 7.69. The minimum absolute atomic E-state index is 0.241. The molecule has 0 aromatic heterocycles. The van der Waals surface area contributed by atoms with Crippen LogP contribution in [0.4, 0.5) is 8.78 Å². The molecule has 1 aromatic rings. The number of unbranched alkanes of at least 4 members (excludes halogenated alkanes) is 1. The average Bonchev–Trinajstić information content (AvgIpc) is 2.25. The lowest BCUT2D eigenvalue weighted by atomic mass is 9.89. The predicted octanol–water partition coefficient (Wildman–Crippen LogP) is 5.04. The Kier molecular flexibility index (Phi) is 5.44. The SMILES string of the molecule is CCCCC(CCC)c1ccc(F)cc1F. The van der Waals surface area contributed by atoms with Crippen molar-refractivity contribution in [1.82, 2.24) is 0 Å². The number of hydrogen-bond acceptors (Lipinski definition) is 0. The van der Waals surface area contributed by atoms with Gasteiger partial charge in [-0.05, 0) is 30.4 Å². The van der Waals surface area contributed by atoms with Crippen LogP contribution in [-0.4, -0.2) is 0 Å². The van der Waals surface area contributed by atoms with Crippen molar-refractivity contribution in [2.75, 3.05) is 0 Å². The van der Waals surface area contributed by atoms with E-state index >= 15 is 0 Å². The van der Waals surface area contributed by atoms with Crippen LogP contribution in [0.5, 0.6) is 0 Å². The Morgan fingerprint density at radius 3 is 2.38 bits per heavy atom.